The minimum atomic E-state index is 0.174. The molecule has 0 aliphatic heterocycles. The fraction of sp³-hybridized carbons (Fsp3) is 0.600. The maximum atomic E-state index is 5.80. The molecule has 1 aromatic carbocycles. The number of nitrogens with one attached hydrogen (secondary N) is 1. The van der Waals surface area contributed by atoms with Gasteiger partial charge in [-0.1, -0.05) is 13.0 Å². The summed E-state index contributed by atoms with van der Waals surface area (Å²) in [4.78, 5) is 0. The van der Waals surface area contributed by atoms with Crippen LogP contribution in [0, 0.1) is 25.7 Å². The summed E-state index contributed by atoms with van der Waals surface area (Å²) in [7, 11) is 1.73. The van der Waals surface area contributed by atoms with Crippen molar-refractivity contribution < 1.29 is 4.74 Å². The van der Waals surface area contributed by atoms with Crippen LogP contribution in [-0.4, -0.2) is 7.11 Å². The fourth-order valence-electron chi connectivity index (χ4n) is 2.90. The summed E-state index contributed by atoms with van der Waals surface area (Å²) >= 11 is 0. The summed E-state index contributed by atoms with van der Waals surface area (Å²) in [6.45, 7) is 6.50. The Kier molecular flexibility index (Phi) is 3.93. The van der Waals surface area contributed by atoms with E-state index in [0.29, 0.717) is 5.92 Å². The fourth-order valence-corrected chi connectivity index (χ4v) is 2.90. The highest BCUT2D eigenvalue weighted by Gasteiger charge is 2.35. The molecule has 0 spiro atoms. The van der Waals surface area contributed by atoms with Crippen molar-refractivity contribution in [1.82, 2.24) is 5.43 Å². The monoisotopic (exact) mass is 248 g/mol. The zero-order valence-corrected chi connectivity index (χ0v) is 11.8. The van der Waals surface area contributed by atoms with E-state index >= 15 is 0 Å². The topological polar surface area (TPSA) is 47.3 Å². The van der Waals surface area contributed by atoms with Crippen LogP contribution >= 0.6 is 0 Å². The highest BCUT2D eigenvalue weighted by molar-refractivity contribution is 5.45. The molecule has 3 nitrogen and oxygen atoms in total. The second kappa shape index (κ2) is 5.29. The standard InChI is InChI=1S/C15H24N2O/c1-9-7-10(2)14(13(8-9)18-4)15(17-16)11(3)12-5-6-12/h7-8,11-12,15,17H,5-6,16H2,1-4H3. The van der Waals surface area contributed by atoms with E-state index in [-0.39, 0.29) is 6.04 Å². The number of hydrazine groups is 1. The molecule has 0 heterocycles. The van der Waals surface area contributed by atoms with Crippen molar-refractivity contribution in [3.8, 4) is 5.75 Å². The van der Waals surface area contributed by atoms with E-state index in [1.807, 2.05) is 0 Å². The summed E-state index contributed by atoms with van der Waals surface area (Å²) in [6, 6.07) is 4.46. The minimum absolute atomic E-state index is 0.174. The molecule has 2 atom stereocenters. The van der Waals surface area contributed by atoms with Gasteiger partial charge in [-0.2, -0.15) is 0 Å². The second-order valence-corrected chi connectivity index (χ2v) is 5.54. The van der Waals surface area contributed by atoms with Gasteiger partial charge in [0.05, 0.1) is 13.2 Å². The van der Waals surface area contributed by atoms with E-state index in [1.165, 1.54) is 29.5 Å². The summed E-state index contributed by atoms with van der Waals surface area (Å²) in [5, 5.41) is 0. The van der Waals surface area contributed by atoms with E-state index < -0.39 is 0 Å². The second-order valence-electron chi connectivity index (χ2n) is 5.54. The number of benzene rings is 1. The molecule has 2 unspecified atom stereocenters. The summed E-state index contributed by atoms with van der Waals surface area (Å²) in [5.41, 5.74) is 6.68. The van der Waals surface area contributed by atoms with Gasteiger partial charge in [-0.25, -0.2) is 0 Å². The van der Waals surface area contributed by atoms with E-state index in [0.717, 1.165) is 11.7 Å². The van der Waals surface area contributed by atoms with Gasteiger partial charge < -0.3 is 4.74 Å². The Morgan fingerprint density at radius 3 is 2.50 bits per heavy atom. The van der Waals surface area contributed by atoms with Gasteiger partial charge in [-0.3, -0.25) is 11.3 Å². The lowest BCUT2D eigenvalue weighted by Gasteiger charge is -2.27. The first-order valence-electron chi connectivity index (χ1n) is 6.69. The van der Waals surface area contributed by atoms with Crippen LogP contribution in [0.4, 0.5) is 0 Å². The largest absolute Gasteiger partial charge is 0.496 e. The molecule has 1 aliphatic carbocycles. The smallest absolute Gasteiger partial charge is 0.124 e. The van der Waals surface area contributed by atoms with Crippen molar-refractivity contribution in [1.29, 1.82) is 0 Å². The van der Waals surface area contributed by atoms with Gasteiger partial charge in [0.15, 0.2) is 0 Å². The average molecular weight is 248 g/mol. The molecule has 3 N–H and O–H groups in total. The molecule has 1 aromatic rings. The molecular weight excluding hydrogens is 224 g/mol. The Morgan fingerprint density at radius 2 is 2.00 bits per heavy atom. The lowest BCUT2D eigenvalue weighted by atomic mass is 9.87. The van der Waals surface area contributed by atoms with Gasteiger partial charge in [0.1, 0.15) is 5.75 Å². The minimum Gasteiger partial charge on any atom is -0.496 e. The number of aryl methyl sites for hydroxylation is 2. The number of hydrogen-bond acceptors (Lipinski definition) is 3. The van der Waals surface area contributed by atoms with E-state index in [9.17, 15) is 0 Å². The Bertz CT molecular complexity index is 427. The molecule has 0 aromatic heterocycles. The molecular formula is C15H24N2O. The maximum absolute atomic E-state index is 5.80. The van der Waals surface area contributed by atoms with Crippen molar-refractivity contribution >= 4 is 0 Å². The SMILES string of the molecule is COc1cc(C)cc(C)c1C(NN)C(C)C1CC1. The lowest BCUT2D eigenvalue weighted by Crippen LogP contribution is -2.34. The molecule has 2 rings (SSSR count). The quantitative estimate of drug-likeness (QED) is 0.622. The lowest BCUT2D eigenvalue weighted by molar-refractivity contribution is 0.334. The van der Waals surface area contributed by atoms with Gasteiger partial charge in [0.25, 0.3) is 0 Å². The van der Waals surface area contributed by atoms with Crippen molar-refractivity contribution in [2.45, 2.75) is 39.7 Å². The highest BCUT2D eigenvalue weighted by Crippen LogP contribution is 2.44. The molecule has 0 saturated heterocycles. The molecule has 1 fully saturated rings. The van der Waals surface area contributed by atoms with E-state index in [4.69, 9.17) is 10.6 Å². The number of rotatable bonds is 5. The molecule has 0 amide bonds. The van der Waals surface area contributed by atoms with Crippen LogP contribution in [0.3, 0.4) is 0 Å². The van der Waals surface area contributed by atoms with Crippen LogP contribution in [0.15, 0.2) is 12.1 Å². The van der Waals surface area contributed by atoms with Crippen molar-refractivity contribution in [2.24, 2.45) is 17.7 Å². The molecule has 3 heteroatoms. The van der Waals surface area contributed by atoms with Gasteiger partial charge in [-0.15, -0.1) is 0 Å². The van der Waals surface area contributed by atoms with Crippen LogP contribution in [0.5, 0.6) is 5.75 Å². The van der Waals surface area contributed by atoms with Crippen LogP contribution in [0.1, 0.15) is 42.5 Å². The van der Waals surface area contributed by atoms with Gasteiger partial charge in [-0.05, 0) is 55.7 Å². The van der Waals surface area contributed by atoms with Crippen LogP contribution < -0.4 is 16.0 Å². The van der Waals surface area contributed by atoms with Gasteiger partial charge >= 0.3 is 0 Å². The molecule has 0 bridgehead atoms. The van der Waals surface area contributed by atoms with E-state index in [1.54, 1.807) is 7.11 Å². The molecule has 0 radical (unpaired) electrons. The van der Waals surface area contributed by atoms with Gasteiger partial charge in [0.2, 0.25) is 0 Å². The Morgan fingerprint density at radius 1 is 1.33 bits per heavy atom. The van der Waals surface area contributed by atoms with Gasteiger partial charge in [0, 0.05) is 5.56 Å². The summed E-state index contributed by atoms with van der Waals surface area (Å²) in [5.74, 6) is 8.09. The first-order valence-corrected chi connectivity index (χ1v) is 6.69. The highest BCUT2D eigenvalue weighted by atomic mass is 16.5. The Balaban J connectivity index is 2.39. The molecule has 1 saturated carbocycles. The molecule has 100 valence electrons. The number of methoxy groups -OCH3 is 1. The number of nitrogens with two attached hydrogens (primary N) is 1. The van der Waals surface area contributed by atoms with Crippen molar-refractivity contribution in [2.75, 3.05) is 7.11 Å². The van der Waals surface area contributed by atoms with Crippen molar-refractivity contribution in [3.63, 3.8) is 0 Å². The maximum Gasteiger partial charge on any atom is 0.124 e. The predicted octanol–water partition coefficient (Wildman–Crippen LogP) is 2.86. The Hall–Kier alpha value is -1.06. The molecule has 1 aliphatic rings. The first kappa shape index (κ1) is 13.4. The summed E-state index contributed by atoms with van der Waals surface area (Å²) in [6.07, 6.45) is 2.65. The van der Waals surface area contributed by atoms with Crippen LogP contribution in [0.2, 0.25) is 0 Å². The molecule has 18 heavy (non-hydrogen) atoms. The summed E-state index contributed by atoms with van der Waals surface area (Å²) < 4.78 is 5.54. The third kappa shape index (κ3) is 2.52. The van der Waals surface area contributed by atoms with E-state index in [2.05, 4.69) is 38.3 Å². The van der Waals surface area contributed by atoms with Crippen molar-refractivity contribution in [3.05, 3.63) is 28.8 Å². The third-order valence-electron chi connectivity index (χ3n) is 4.10. The van der Waals surface area contributed by atoms with Crippen LogP contribution in [0.25, 0.3) is 0 Å². The first-order chi connectivity index (χ1) is 8.58. The third-order valence-corrected chi connectivity index (χ3v) is 4.10. The average Bonchev–Trinajstić information content (AvgIpc) is 3.15. The normalized spacial score (nSPS) is 18.5. The Labute approximate surface area is 110 Å². The number of hydrogen-bond donors (Lipinski definition) is 2. The zero-order chi connectivity index (χ0) is 13.3. The zero-order valence-electron chi connectivity index (χ0n) is 11.8. The van der Waals surface area contributed by atoms with Crippen LogP contribution in [-0.2, 0) is 0 Å². The number of ether oxygens (including phenoxy) is 1. The predicted molar refractivity (Wildman–Crippen MR) is 74.4 cm³/mol.